The molecule has 0 spiro atoms. The lowest BCUT2D eigenvalue weighted by atomic mass is 10.0. The van der Waals surface area contributed by atoms with E-state index in [1.165, 1.54) is 13.8 Å². The average molecular weight is 252 g/mol. The van der Waals surface area contributed by atoms with Crippen LogP contribution in [0.25, 0.3) is 0 Å². The first-order valence-electron chi connectivity index (χ1n) is 5.33. The Kier molecular flexibility index (Phi) is 3.52. The first kappa shape index (κ1) is 14.0. The molecule has 17 heavy (non-hydrogen) atoms. The van der Waals surface area contributed by atoms with Crippen molar-refractivity contribution in [3.8, 4) is 0 Å². The van der Waals surface area contributed by atoms with Crippen molar-refractivity contribution in [2.24, 2.45) is 11.0 Å². The van der Waals surface area contributed by atoms with Crippen molar-refractivity contribution in [1.29, 1.82) is 0 Å². The van der Waals surface area contributed by atoms with Gasteiger partial charge in [-0.3, -0.25) is 4.79 Å². The topological polar surface area (TPSA) is 52.9 Å². The first-order chi connectivity index (χ1) is 7.63. The zero-order valence-electron chi connectivity index (χ0n) is 9.88. The largest absolute Gasteiger partial charge is 0.438 e. The molecule has 1 aliphatic rings. The minimum absolute atomic E-state index is 0.166. The number of hydrazone groups is 1. The second-order valence-corrected chi connectivity index (χ2v) is 4.32. The van der Waals surface area contributed by atoms with Crippen LogP contribution in [0.2, 0.25) is 0 Å². The van der Waals surface area contributed by atoms with Crippen molar-refractivity contribution in [2.75, 3.05) is 0 Å². The van der Waals surface area contributed by atoms with Gasteiger partial charge in [-0.15, -0.1) is 0 Å². The van der Waals surface area contributed by atoms with E-state index in [2.05, 4.69) is 5.10 Å². The number of rotatable bonds is 2. The zero-order valence-corrected chi connectivity index (χ0v) is 9.88. The maximum Gasteiger partial charge on any atom is 0.438 e. The minimum atomic E-state index is -4.92. The molecule has 0 aromatic heterocycles. The summed E-state index contributed by atoms with van der Waals surface area (Å²) in [7, 11) is 0. The number of halogens is 3. The van der Waals surface area contributed by atoms with Gasteiger partial charge in [0.2, 0.25) is 5.91 Å². The van der Waals surface area contributed by atoms with Crippen molar-refractivity contribution in [3.63, 3.8) is 0 Å². The van der Waals surface area contributed by atoms with Gasteiger partial charge >= 0.3 is 6.18 Å². The summed E-state index contributed by atoms with van der Waals surface area (Å²) in [5.41, 5.74) is -3.03. The van der Waals surface area contributed by atoms with Crippen LogP contribution in [0.5, 0.6) is 0 Å². The van der Waals surface area contributed by atoms with Gasteiger partial charge in [0.15, 0.2) is 0 Å². The van der Waals surface area contributed by atoms with Gasteiger partial charge < -0.3 is 5.11 Å². The van der Waals surface area contributed by atoms with Crippen LogP contribution in [-0.4, -0.2) is 33.6 Å². The molecule has 1 aliphatic heterocycles. The molecule has 1 atom stereocenters. The predicted molar refractivity (Wildman–Crippen MR) is 55.0 cm³/mol. The highest BCUT2D eigenvalue weighted by Gasteiger charge is 2.63. The molecule has 0 saturated heterocycles. The maximum atomic E-state index is 12.8. The predicted octanol–water partition coefficient (Wildman–Crippen LogP) is 1.89. The molecule has 1 amide bonds. The molecule has 1 unspecified atom stereocenters. The molecule has 1 N–H and O–H groups in total. The molecule has 98 valence electrons. The highest BCUT2D eigenvalue weighted by Crippen LogP contribution is 2.41. The highest BCUT2D eigenvalue weighted by atomic mass is 19.4. The van der Waals surface area contributed by atoms with Crippen LogP contribution >= 0.6 is 0 Å². The van der Waals surface area contributed by atoms with E-state index in [0.29, 0.717) is 0 Å². The Balaban J connectivity index is 3.12. The van der Waals surface area contributed by atoms with Crippen molar-refractivity contribution in [1.82, 2.24) is 5.01 Å². The summed E-state index contributed by atoms with van der Waals surface area (Å²) < 4.78 is 38.4. The van der Waals surface area contributed by atoms with Crippen LogP contribution < -0.4 is 0 Å². The third-order valence-corrected chi connectivity index (χ3v) is 2.61. The molecule has 0 fully saturated rings. The van der Waals surface area contributed by atoms with E-state index in [1.54, 1.807) is 6.92 Å². The molecule has 0 aromatic carbocycles. The van der Waals surface area contributed by atoms with Crippen LogP contribution in [0, 0.1) is 5.92 Å². The summed E-state index contributed by atoms with van der Waals surface area (Å²) in [5, 5.41) is 13.4. The third kappa shape index (κ3) is 2.29. The molecule has 0 aromatic rings. The van der Waals surface area contributed by atoms with Crippen molar-refractivity contribution in [3.05, 3.63) is 0 Å². The van der Waals surface area contributed by atoms with Crippen LogP contribution in [0.1, 0.15) is 33.6 Å². The fraction of sp³-hybridized carbons (Fsp3) is 0.800. The molecular weight excluding hydrogens is 237 g/mol. The van der Waals surface area contributed by atoms with Crippen LogP contribution in [0.15, 0.2) is 5.10 Å². The smallest absolute Gasteiger partial charge is 0.362 e. The summed E-state index contributed by atoms with van der Waals surface area (Å²) in [5.74, 6) is -1.50. The molecule has 1 heterocycles. The van der Waals surface area contributed by atoms with E-state index in [-0.39, 0.29) is 17.1 Å². The van der Waals surface area contributed by atoms with Gasteiger partial charge in [-0.2, -0.15) is 23.3 Å². The van der Waals surface area contributed by atoms with E-state index in [4.69, 9.17) is 0 Å². The summed E-state index contributed by atoms with van der Waals surface area (Å²) >= 11 is 0. The number of nitrogens with zero attached hydrogens (tertiary/aromatic N) is 2. The van der Waals surface area contributed by atoms with Gasteiger partial charge in [-0.1, -0.05) is 20.8 Å². The summed E-state index contributed by atoms with van der Waals surface area (Å²) in [6, 6.07) is 0. The second kappa shape index (κ2) is 4.29. The Labute approximate surface area is 97.1 Å². The number of alkyl halides is 3. The van der Waals surface area contributed by atoms with Crippen molar-refractivity contribution in [2.45, 2.75) is 45.5 Å². The van der Waals surface area contributed by atoms with Crippen molar-refractivity contribution < 1.29 is 23.1 Å². The third-order valence-electron chi connectivity index (χ3n) is 2.61. The molecule has 0 radical (unpaired) electrons. The van der Waals surface area contributed by atoms with E-state index in [9.17, 15) is 23.1 Å². The standard InChI is InChI=1S/C10H15F3N2O2/c1-4-7-5-9(17,10(11,12)13)15(14-7)8(16)6(2)3/h6,17H,4-5H2,1-3H3. The number of amides is 1. The van der Waals surface area contributed by atoms with E-state index in [1.807, 2.05) is 0 Å². The number of carbonyl (C=O) groups excluding carboxylic acids is 1. The van der Waals surface area contributed by atoms with Crippen LogP contribution in [0.4, 0.5) is 13.2 Å². The molecule has 4 nitrogen and oxygen atoms in total. The first-order valence-corrected chi connectivity index (χ1v) is 5.33. The molecule has 0 saturated carbocycles. The Bertz CT molecular complexity index is 352. The maximum absolute atomic E-state index is 12.8. The molecule has 7 heteroatoms. The fourth-order valence-corrected chi connectivity index (χ4v) is 1.51. The van der Waals surface area contributed by atoms with Crippen LogP contribution in [0.3, 0.4) is 0 Å². The molecule has 0 aliphatic carbocycles. The Hall–Kier alpha value is -1.11. The average Bonchev–Trinajstić information content (AvgIpc) is 2.55. The summed E-state index contributed by atoms with van der Waals surface area (Å²) in [6.45, 7) is 4.54. The number of hydrogen-bond acceptors (Lipinski definition) is 3. The van der Waals surface area contributed by atoms with Gasteiger partial charge in [0.25, 0.3) is 5.72 Å². The van der Waals surface area contributed by atoms with Crippen molar-refractivity contribution >= 4 is 11.6 Å². The lowest BCUT2D eigenvalue weighted by Crippen LogP contribution is -2.57. The Morgan fingerprint density at radius 1 is 1.59 bits per heavy atom. The van der Waals surface area contributed by atoms with Gasteiger partial charge in [0.05, 0.1) is 0 Å². The van der Waals surface area contributed by atoms with Gasteiger partial charge in [-0.05, 0) is 6.42 Å². The van der Waals surface area contributed by atoms with Gasteiger partial charge in [-0.25, -0.2) is 0 Å². The number of carbonyl (C=O) groups is 1. The SMILES string of the molecule is CCC1=NN(C(=O)C(C)C)C(O)(C(F)(F)F)C1. The van der Waals surface area contributed by atoms with E-state index >= 15 is 0 Å². The lowest BCUT2D eigenvalue weighted by Gasteiger charge is -2.33. The Morgan fingerprint density at radius 2 is 2.12 bits per heavy atom. The summed E-state index contributed by atoms with van der Waals surface area (Å²) in [6.07, 6.45) is -5.33. The molecular formula is C10H15F3N2O2. The van der Waals surface area contributed by atoms with E-state index in [0.717, 1.165) is 0 Å². The second-order valence-electron chi connectivity index (χ2n) is 4.32. The number of aliphatic hydroxyl groups is 1. The minimum Gasteiger partial charge on any atom is -0.362 e. The van der Waals surface area contributed by atoms with Gasteiger partial charge in [0, 0.05) is 18.1 Å². The Morgan fingerprint density at radius 3 is 2.47 bits per heavy atom. The van der Waals surface area contributed by atoms with Crippen LogP contribution in [-0.2, 0) is 4.79 Å². The van der Waals surface area contributed by atoms with Gasteiger partial charge in [0.1, 0.15) is 0 Å². The molecule has 0 bridgehead atoms. The zero-order chi connectivity index (χ0) is 13.4. The van der Waals surface area contributed by atoms with E-state index < -0.39 is 30.1 Å². The highest BCUT2D eigenvalue weighted by molar-refractivity contribution is 5.91. The lowest BCUT2D eigenvalue weighted by molar-refractivity contribution is -0.303. The fourth-order valence-electron chi connectivity index (χ4n) is 1.51. The molecule has 1 rings (SSSR count). The normalized spacial score (nSPS) is 25.4. The summed E-state index contributed by atoms with van der Waals surface area (Å²) in [4.78, 5) is 11.6. The monoisotopic (exact) mass is 252 g/mol. The number of hydrogen-bond donors (Lipinski definition) is 1. The quantitative estimate of drug-likeness (QED) is 0.816.